The summed E-state index contributed by atoms with van der Waals surface area (Å²) in [5.41, 5.74) is 1.36. The van der Waals surface area contributed by atoms with Gasteiger partial charge in [-0.15, -0.1) is 0 Å². The molecule has 30 heavy (non-hydrogen) atoms. The van der Waals surface area contributed by atoms with Crippen LogP contribution in [-0.4, -0.2) is 70.2 Å². The Balaban J connectivity index is 1.53. The number of nitrogens with one attached hydrogen (secondary N) is 1. The number of rotatable bonds is 7. The van der Waals surface area contributed by atoms with Gasteiger partial charge >= 0.3 is 5.97 Å². The third-order valence-electron chi connectivity index (χ3n) is 4.98. The van der Waals surface area contributed by atoms with Gasteiger partial charge in [-0.2, -0.15) is 4.31 Å². The number of para-hydroxylation sites is 1. The van der Waals surface area contributed by atoms with Gasteiger partial charge < -0.3 is 15.0 Å². The van der Waals surface area contributed by atoms with Gasteiger partial charge in [0.15, 0.2) is 0 Å². The van der Waals surface area contributed by atoms with Crippen LogP contribution in [0.15, 0.2) is 54.6 Å². The molecule has 0 atom stereocenters. The first kappa shape index (κ1) is 21.8. The number of hydrogen-bond acceptors (Lipinski definition) is 6. The summed E-state index contributed by atoms with van der Waals surface area (Å²) in [6, 6.07) is 16.1. The fourth-order valence-corrected chi connectivity index (χ4v) is 4.69. The topological polar surface area (TPSA) is 96.0 Å². The van der Waals surface area contributed by atoms with E-state index < -0.39 is 21.9 Å². The zero-order valence-corrected chi connectivity index (χ0v) is 17.6. The minimum absolute atomic E-state index is 0.0461. The SMILES string of the molecule is COC(=O)c1ccccc1C(=O)NCCS(=O)(=O)N1CCN(c2ccccc2)CC1. The van der Waals surface area contributed by atoms with Gasteiger partial charge in [0.1, 0.15) is 0 Å². The lowest BCUT2D eigenvalue weighted by Crippen LogP contribution is -2.50. The number of hydrogen-bond donors (Lipinski definition) is 1. The summed E-state index contributed by atoms with van der Waals surface area (Å²) in [6.45, 7) is 1.98. The van der Waals surface area contributed by atoms with Crippen molar-refractivity contribution < 1.29 is 22.7 Å². The Kier molecular flexibility index (Phi) is 7.07. The highest BCUT2D eigenvalue weighted by Crippen LogP contribution is 2.17. The van der Waals surface area contributed by atoms with Crippen LogP contribution in [-0.2, 0) is 14.8 Å². The van der Waals surface area contributed by atoms with Crippen molar-refractivity contribution in [1.29, 1.82) is 0 Å². The van der Waals surface area contributed by atoms with Crippen molar-refractivity contribution >= 4 is 27.6 Å². The van der Waals surface area contributed by atoms with Crippen LogP contribution in [0.4, 0.5) is 5.69 Å². The first-order valence-electron chi connectivity index (χ1n) is 9.66. The Labute approximate surface area is 176 Å². The van der Waals surface area contributed by atoms with Crippen molar-refractivity contribution in [2.24, 2.45) is 0 Å². The highest BCUT2D eigenvalue weighted by Gasteiger charge is 2.27. The third kappa shape index (κ3) is 5.17. The van der Waals surface area contributed by atoms with Crippen LogP contribution < -0.4 is 10.2 Å². The molecule has 2 aromatic carbocycles. The largest absolute Gasteiger partial charge is 0.465 e. The van der Waals surface area contributed by atoms with Gasteiger partial charge in [-0.25, -0.2) is 13.2 Å². The number of piperazine rings is 1. The standard InChI is InChI=1S/C21H25N3O5S/c1-29-21(26)19-10-6-5-9-18(19)20(25)22-11-16-30(27,28)24-14-12-23(13-15-24)17-7-3-2-4-8-17/h2-10H,11-16H2,1H3,(H,22,25). The number of benzene rings is 2. The molecule has 1 saturated heterocycles. The Bertz CT molecular complexity index is 987. The molecule has 2 aromatic rings. The van der Waals surface area contributed by atoms with E-state index in [0.717, 1.165) is 5.69 Å². The molecule has 0 radical (unpaired) electrons. The van der Waals surface area contributed by atoms with E-state index in [1.807, 2.05) is 30.3 Å². The second-order valence-electron chi connectivity index (χ2n) is 6.83. The number of nitrogens with zero attached hydrogens (tertiary/aromatic N) is 2. The second-order valence-corrected chi connectivity index (χ2v) is 8.92. The van der Waals surface area contributed by atoms with Crippen LogP contribution in [0.25, 0.3) is 0 Å². The molecule has 0 saturated carbocycles. The predicted molar refractivity (Wildman–Crippen MR) is 114 cm³/mol. The van der Waals surface area contributed by atoms with E-state index in [-0.39, 0.29) is 23.4 Å². The fourth-order valence-electron chi connectivity index (χ4n) is 3.35. The Hall–Kier alpha value is -2.91. The smallest absolute Gasteiger partial charge is 0.338 e. The number of sulfonamides is 1. The van der Waals surface area contributed by atoms with Crippen molar-refractivity contribution in [2.45, 2.75) is 0 Å². The maximum atomic E-state index is 12.7. The summed E-state index contributed by atoms with van der Waals surface area (Å²) in [6.07, 6.45) is 0. The van der Waals surface area contributed by atoms with Crippen LogP contribution in [0.2, 0.25) is 0 Å². The molecule has 3 rings (SSSR count). The van der Waals surface area contributed by atoms with Crippen molar-refractivity contribution in [3.8, 4) is 0 Å². The Morgan fingerprint density at radius 2 is 1.53 bits per heavy atom. The molecule has 0 aliphatic carbocycles. The maximum Gasteiger partial charge on any atom is 0.338 e. The predicted octanol–water partition coefficient (Wildman–Crippen LogP) is 1.35. The van der Waals surface area contributed by atoms with Gasteiger partial charge in [0.05, 0.1) is 24.0 Å². The van der Waals surface area contributed by atoms with E-state index in [1.54, 1.807) is 12.1 Å². The summed E-state index contributed by atoms with van der Waals surface area (Å²) in [5, 5.41) is 2.59. The number of carbonyl (C=O) groups is 2. The molecule has 1 amide bonds. The molecule has 1 aliphatic rings. The number of amides is 1. The highest BCUT2D eigenvalue weighted by molar-refractivity contribution is 7.89. The zero-order chi connectivity index (χ0) is 21.6. The quantitative estimate of drug-likeness (QED) is 0.665. The first-order chi connectivity index (χ1) is 14.4. The summed E-state index contributed by atoms with van der Waals surface area (Å²) in [5.74, 6) is -1.34. The lowest BCUT2D eigenvalue weighted by atomic mass is 10.1. The Morgan fingerprint density at radius 3 is 2.17 bits per heavy atom. The molecule has 1 fully saturated rings. The van der Waals surface area contributed by atoms with Crippen molar-refractivity contribution in [3.05, 3.63) is 65.7 Å². The molecule has 8 nitrogen and oxygen atoms in total. The number of ether oxygens (including phenoxy) is 1. The summed E-state index contributed by atoms with van der Waals surface area (Å²) in [7, 11) is -2.26. The van der Waals surface area contributed by atoms with Crippen molar-refractivity contribution in [3.63, 3.8) is 0 Å². The van der Waals surface area contributed by atoms with Crippen molar-refractivity contribution in [1.82, 2.24) is 9.62 Å². The van der Waals surface area contributed by atoms with Gasteiger partial charge in [-0.05, 0) is 24.3 Å². The summed E-state index contributed by atoms with van der Waals surface area (Å²) in [4.78, 5) is 26.4. The lowest BCUT2D eigenvalue weighted by Gasteiger charge is -2.35. The van der Waals surface area contributed by atoms with Gasteiger partial charge in [-0.3, -0.25) is 4.79 Å². The molecule has 0 bridgehead atoms. The van der Waals surface area contributed by atoms with Gasteiger partial charge in [0.2, 0.25) is 10.0 Å². The zero-order valence-electron chi connectivity index (χ0n) is 16.8. The van der Waals surface area contributed by atoms with E-state index in [0.29, 0.717) is 26.2 Å². The minimum Gasteiger partial charge on any atom is -0.465 e. The molecule has 1 heterocycles. The van der Waals surface area contributed by atoms with Crippen LogP contribution in [0, 0.1) is 0 Å². The van der Waals surface area contributed by atoms with Crippen LogP contribution in [0.3, 0.4) is 0 Å². The lowest BCUT2D eigenvalue weighted by molar-refractivity contribution is 0.0596. The van der Waals surface area contributed by atoms with Gasteiger partial charge in [0.25, 0.3) is 5.91 Å². The molecular weight excluding hydrogens is 406 g/mol. The third-order valence-corrected chi connectivity index (χ3v) is 6.85. The molecule has 1 aliphatic heterocycles. The molecule has 0 spiro atoms. The second kappa shape index (κ2) is 9.73. The van der Waals surface area contributed by atoms with Gasteiger partial charge in [-0.1, -0.05) is 30.3 Å². The average molecular weight is 432 g/mol. The van der Waals surface area contributed by atoms with Crippen LogP contribution in [0.5, 0.6) is 0 Å². The van der Waals surface area contributed by atoms with Gasteiger partial charge in [0, 0.05) is 38.4 Å². The van der Waals surface area contributed by atoms with E-state index in [1.165, 1.54) is 23.5 Å². The number of carbonyl (C=O) groups excluding carboxylic acids is 2. The molecule has 0 unspecified atom stereocenters. The minimum atomic E-state index is -3.50. The first-order valence-corrected chi connectivity index (χ1v) is 11.3. The molecule has 9 heteroatoms. The average Bonchev–Trinajstić information content (AvgIpc) is 2.79. The summed E-state index contributed by atoms with van der Waals surface area (Å²) >= 11 is 0. The fraction of sp³-hybridized carbons (Fsp3) is 0.333. The number of esters is 1. The molecule has 160 valence electrons. The Morgan fingerprint density at radius 1 is 0.933 bits per heavy atom. The molecule has 0 aromatic heterocycles. The van der Waals surface area contributed by atoms with E-state index >= 15 is 0 Å². The highest BCUT2D eigenvalue weighted by atomic mass is 32.2. The normalized spacial score (nSPS) is 14.9. The van der Waals surface area contributed by atoms with Crippen LogP contribution in [0.1, 0.15) is 20.7 Å². The number of anilines is 1. The van der Waals surface area contributed by atoms with Crippen molar-refractivity contribution in [2.75, 3.05) is 50.5 Å². The van der Waals surface area contributed by atoms with E-state index in [4.69, 9.17) is 0 Å². The number of methoxy groups -OCH3 is 1. The molecule has 1 N–H and O–H groups in total. The maximum absolute atomic E-state index is 12.7. The van der Waals surface area contributed by atoms with Crippen LogP contribution >= 0.6 is 0 Å². The van der Waals surface area contributed by atoms with E-state index in [9.17, 15) is 18.0 Å². The summed E-state index contributed by atoms with van der Waals surface area (Å²) < 4.78 is 31.4. The molecular formula is C21H25N3O5S. The van der Waals surface area contributed by atoms with E-state index in [2.05, 4.69) is 15.0 Å². The monoisotopic (exact) mass is 431 g/mol.